The molecule has 6 heteroatoms. The van der Waals surface area contributed by atoms with Crippen molar-refractivity contribution in [2.24, 2.45) is 0 Å². The van der Waals surface area contributed by atoms with Crippen LogP contribution in [0.1, 0.15) is 0 Å². The molecule has 0 aliphatic rings. The molecule has 0 spiro atoms. The van der Waals surface area contributed by atoms with Gasteiger partial charge in [0.05, 0.1) is 17.1 Å². The normalized spacial score (nSPS) is 12.1. The summed E-state index contributed by atoms with van der Waals surface area (Å²) in [5.74, 6) is 0.585. The lowest BCUT2D eigenvalue weighted by atomic mass is 10.1. The minimum Gasteiger partial charge on any atom is -0.456 e. The molecule has 11 aromatic rings. The van der Waals surface area contributed by atoms with Crippen molar-refractivity contribution in [3.8, 4) is 11.5 Å². The number of para-hydroxylation sites is 3. The lowest BCUT2D eigenvalue weighted by molar-refractivity contribution is 0.617. The zero-order chi connectivity index (χ0) is 32.1. The number of aromatic nitrogens is 1. The van der Waals surface area contributed by atoms with E-state index in [2.05, 4.69) is 77.7 Å². The second-order valence-corrected chi connectivity index (χ2v) is 12.3. The summed E-state index contributed by atoms with van der Waals surface area (Å²) in [5.41, 5.74) is 9.95. The monoisotopic (exact) mass is 632 g/mol. The number of oxazole rings is 1. The van der Waals surface area contributed by atoms with Crippen molar-refractivity contribution in [1.82, 2.24) is 4.98 Å². The largest absolute Gasteiger partial charge is 0.456 e. The molecule has 4 aromatic heterocycles. The van der Waals surface area contributed by atoms with Crippen LogP contribution in [0.15, 0.2) is 163 Å². The maximum atomic E-state index is 6.73. The Kier molecular flexibility index (Phi) is 5.29. The Morgan fingerprint density at radius 2 is 0.980 bits per heavy atom. The summed E-state index contributed by atoms with van der Waals surface area (Å²) in [5, 5.41) is 6.27. The number of fused-ring (bicyclic) bond motifs is 10. The molecule has 11 rings (SSSR count). The quantitative estimate of drug-likeness (QED) is 0.192. The predicted molar refractivity (Wildman–Crippen MR) is 196 cm³/mol. The Hall–Kier alpha value is -6.79. The lowest BCUT2D eigenvalue weighted by Gasteiger charge is -2.25. The fraction of sp³-hybridized carbons (Fsp3) is 0. The van der Waals surface area contributed by atoms with Gasteiger partial charge in [-0.3, -0.25) is 0 Å². The van der Waals surface area contributed by atoms with E-state index in [1.54, 1.807) is 0 Å². The van der Waals surface area contributed by atoms with Crippen LogP contribution in [0, 0.1) is 0 Å². The number of hydrogen-bond donors (Lipinski definition) is 0. The van der Waals surface area contributed by atoms with Crippen molar-refractivity contribution in [2.45, 2.75) is 0 Å². The second-order valence-electron chi connectivity index (χ2n) is 12.3. The molecule has 0 amide bonds. The molecule has 0 radical (unpaired) electrons. The molecule has 0 atom stereocenters. The highest BCUT2D eigenvalue weighted by molar-refractivity contribution is 6.14. The predicted octanol–water partition coefficient (Wildman–Crippen LogP) is 12.7. The zero-order valence-corrected chi connectivity index (χ0v) is 25.9. The SMILES string of the molecule is c1ccc(-c2nc3cc4c(cc3o2)oc2c(N(c3ccc5c(c3)oc3ccccc35)c3ccc5c(c3)oc3ccccc35)cccc24)cc1. The first-order valence-corrected chi connectivity index (χ1v) is 16.2. The van der Waals surface area contributed by atoms with E-state index in [0.717, 1.165) is 94.0 Å². The van der Waals surface area contributed by atoms with Gasteiger partial charge in [-0.25, -0.2) is 4.98 Å². The molecule has 0 fully saturated rings. The van der Waals surface area contributed by atoms with Gasteiger partial charge in [0.1, 0.15) is 33.4 Å². The maximum absolute atomic E-state index is 6.73. The number of furan rings is 3. The van der Waals surface area contributed by atoms with Crippen LogP contribution in [-0.2, 0) is 0 Å². The molecule has 49 heavy (non-hydrogen) atoms. The van der Waals surface area contributed by atoms with E-state index in [1.165, 1.54) is 0 Å². The van der Waals surface area contributed by atoms with Crippen LogP contribution < -0.4 is 4.90 Å². The van der Waals surface area contributed by atoms with Crippen molar-refractivity contribution in [2.75, 3.05) is 4.90 Å². The van der Waals surface area contributed by atoms with Crippen LogP contribution in [-0.4, -0.2) is 4.98 Å². The molecule has 0 unspecified atom stereocenters. The van der Waals surface area contributed by atoms with E-state index in [4.69, 9.17) is 22.7 Å². The fourth-order valence-corrected chi connectivity index (χ4v) is 7.22. The van der Waals surface area contributed by atoms with Gasteiger partial charge in [-0.1, -0.05) is 66.7 Å². The van der Waals surface area contributed by atoms with E-state index >= 15 is 0 Å². The summed E-state index contributed by atoms with van der Waals surface area (Å²) in [7, 11) is 0. The van der Waals surface area contributed by atoms with Crippen molar-refractivity contribution < 1.29 is 17.7 Å². The smallest absolute Gasteiger partial charge is 0.227 e. The Morgan fingerprint density at radius 1 is 0.388 bits per heavy atom. The topological polar surface area (TPSA) is 68.7 Å². The first kappa shape index (κ1) is 26.3. The van der Waals surface area contributed by atoms with Crippen molar-refractivity contribution in [3.63, 3.8) is 0 Å². The maximum Gasteiger partial charge on any atom is 0.227 e. The standard InChI is InChI=1S/C43H24N2O4/c1-2-9-25(10-3-1)43-44-34-23-33-32-13-8-14-35(42(32)48-40(33)24-41(34)49-43)45(26-17-19-30-28-11-4-6-15-36(28)46-38(30)21-26)27-18-20-31-29-12-5-7-16-37(29)47-39(31)22-27/h1-24H. The summed E-state index contributed by atoms with van der Waals surface area (Å²) >= 11 is 0. The molecule has 0 aliphatic heterocycles. The molecule has 4 heterocycles. The molecule has 0 bridgehead atoms. The summed E-state index contributed by atoms with van der Waals surface area (Å²) in [4.78, 5) is 7.03. The highest BCUT2D eigenvalue weighted by Crippen LogP contribution is 2.45. The van der Waals surface area contributed by atoms with E-state index in [-0.39, 0.29) is 0 Å². The molecule has 0 N–H and O–H groups in total. The van der Waals surface area contributed by atoms with Gasteiger partial charge in [0.25, 0.3) is 0 Å². The molecule has 230 valence electrons. The van der Waals surface area contributed by atoms with Gasteiger partial charge in [0, 0.05) is 56.1 Å². The third-order valence-electron chi connectivity index (χ3n) is 9.49. The Labute approximate surface area is 278 Å². The first-order chi connectivity index (χ1) is 24.2. The van der Waals surface area contributed by atoms with Crippen LogP contribution in [0.4, 0.5) is 17.1 Å². The van der Waals surface area contributed by atoms with Crippen molar-refractivity contribution >= 4 is 94.0 Å². The third-order valence-corrected chi connectivity index (χ3v) is 9.49. The average molecular weight is 633 g/mol. The van der Waals surface area contributed by atoms with Crippen LogP contribution >= 0.6 is 0 Å². The van der Waals surface area contributed by atoms with Crippen molar-refractivity contribution in [3.05, 3.63) is 146 Å². The van der Waals surface area contributed by atoms with E-state index in [0.29, 0.717) is 11.5 Å². The average Bonchev–Trinajstić information content (AvgIpc) is 3.92. The minimum absolute atomic E-state index is 0.585. The molecule has 0 saturated carbocycles. The molecule has 7 aromatic carbocycles. The van der Waals surface area contributed by atoms with E-state index in [9.17, 15) is 0 Å². The van der Waals surface area contributed by atoms with Crippen molar-refractivity contribution in [1.29, 1.82) is 0 Å². The van der Waals surface area contributed by atoms with Crippen LogP contribution in [0.2, 0.25) is 0 Å². The van der Waals surface area contributed by atoms with Gasteiger partial charge in [-0.05, 0) is 60.7 Å². The highest BCUT2D eigenvalue weighted by atomic mass is 16.4. The van der Waals surface area contributed by atoms with E-state index < -0.39 is 0 Å². The Balaban J connectivity index is 1.14. The Bertz CT molecular complexity index is 2960. The zero-order valence-electron chi connectivity index (χ0n) is 25.9. The summed E-state index contributed by atoms with van der Waals surface area (Å²) in [6.07, 6.45) is 0. The number of benzene rings is 7. The molecular formula is C43H24N2O4. The summed E-state index contributed by atoms with van der Waals surface area (Å²) < 4.78 is 25.6. The number of anilines is 3. The van der Waals surface area contributed by atoms with Gasteiger partial charge in [0.15, 0.2) is 11.2 Å². The number of rotatable bonds is 4. The molecule has 6 nitrogen and oxygen atoms in total. The minimum atomic E-state index is 0.585. The van der Waals surface area contributed by atoms with Gasteiger partial charge >= 0.3 is 0 Å². The van der Waals surface area contributed by atoms with Gasteiger partial charge in [-0.2, -0.15) is 0 Å². The van der Waals surface area contributed by atoms with Crippen LogP contribution in [0.3, 0.4) is 0 Å². The van der Waals surface area contributed by atoms with E-state index in [1.807, 2.05) is 72.8 Å². The lowest BCUT2D eigenvalue weighted by Crippen LogP contribution is -2.10. The number of hydrogen-bond acceptors (Lipinski definition) is 6. The van der Waals surface area contributed by atoms with Crippen LogP contribution in [0.25, 0.3) is 88.4 Å². The summed E-state index contributed by atoms with van der Waals surface area (Å²) in [6, 6.07) is 49.2. The molecular weight excluding hydrogens is 608 g/mol. The second kappa shape index (κ2) is 9.86. The first-order valence-electron chi connectivity index (χ1n) is 16.2. The van der Waals surface area contributed by atoms with Gasteiger partial charge < -0.3 is 22.6 Å². The van der Waals surface area contributed by atoms with Gasteiger partial charge in [-0.15, -0.1) is 0 Å². The summed E-state index contributed by atoms with van der Waals surface area (Å²) in [6.45, 7) is 0. The Morgan fingerprint density at radius 3 is 1.67 bits per heavy atom. The highest BCUT2D eigenvalue weighted by Gasteiger charge is 2.22. The number of nitrogens with zero attached hydrogens (tertiary/aromatic N) is 2. The molecule has 0 aliphatic carbocycles. The van der Waals surface area contributed by atoms with Gasteiger partial charge in [0.2, 0.25) is 5.89 Å². The fourth-order valence-electron chi connectivity index (χ4n) is 7.22. The third kappa shape index (κ3) is 3.92. The van der Waals surface area contributed by atoms with Crippen LogP contribution in [0.5, 0.6) is 0 Å². The molecule has 0 saturated heterocycles.